The molecule has 0 spiro atoms. The van der Waals surface area contributed by atoms with Crippen LogP contribution in [0.25, 0.3) is 10.2 Å². The van der Waals surface area contributed by atoms with Crippen molar-refractivity contribution in [2.45, 2.75) is 11.3 Å². The number of hydrogen-bond donors (Lipinski definition) is 2. The highest BCUT2D eigenvalue weighted by Crippen LogP contribution is 2.32. The summed E-state index contributed by atoms with van der Waals surface area (Å²) in [6.45, 7) is -0.0241. The summed E-state index contributed by atoms with van der Waals surface area (Å²) < 4.78 is 33.6. The van der Waals surface area contributed by atoms with E-state index in [1.807, 2.05) is 12.1 Å². The fourth-order valence-electron chi connectivity index (χ4n) is 2.36. The minimum absolute atomic E-state index is 0.0171. The Morgan fingerprint density at radius 1 is 1.22 bits per heavy atom. The maximum absolute atomic E-state index is 12.3. The average molecular weight is 470 g/mol. The number of hydrogen-bond acceptors (Lipinski definition) is 6. The highest BCUT2D eigenvalue weighted by Gasteiger charge is 2.17. The number of ether oxygens (including phenoxy) is 1. The molecule has 142 valence electrons. The van der Waals surface area contributed by atoms with Gasteiger partial charge < -0.3 is 10.1 Å². The van der Waals surface area contributed by atoms with E-state index in [2.05, 4.69) is 31.0 Å². The van der Waals surface area contributed by atoms with Crippen LogP contribution < -0.4 is 14.8 Å². The number of carbonyl (C=O) groups excluding carboxylic acids is 1. The Bertz CT molecular complexity index is 1080. The molecule has 3 aromatic rings. The van der Waals surface area contributed by atoms with Crippen molar-refractivity contribution < 1.29 is 17.9 Å². The zero-order valence-corrected chi connectivity index (χ0v) is 17.4. The number of sulfonamides is 1. The molecular formula is C17H16BrN3O4S2. The zero-order chi connectivity index (χ0) is 19.4. The summed E-state index contributed by atoms with van der Waals surface area (Å²) in [5, 5.41) is 3.13. The first-order valence-corrected chi connectivity index (χ1v) is 11.0. The first-order valence-electron chi connectivity index (χ1n) is 7.88. The van der Waals surface area contributed by atoms with Gasteiger partial charge in [-0.2, -0.15) is 0 Å². The highest BCUT2D eigenvalue weighted by molar-refractivity contribution is 9.10. The highest BCUT2D eigenvalue weighted by atomic mass is 79.9. The summed E-state index contributed by atoms with van der Waals surface area (Å²) in [7, 11) is -2.14. The molecular weight excluding hydrogens is 454 g/mol. The normalized spacial score (nSPS) is 11.5. The van der Waals surface area contributed by atoms with Crippen LogP contribution in [0.5, 0.6) is 5.75 Å². The molecule has 0 fully saturated rings. The largest absolute Gasteiger partial charge is 0.494 e. The minimum Gasteiger partial charge on any atom is -0.494 e. The minimum atomic E-state index is -3.70. The van der Waals surface area contributed by atoms with Crippen LogP contribution in [0.3, 0.4) is 0 Å². The van der Waals surface area contributed by atoms with Crippen molar-refractivity contribution in [3.63, 3.8) is 0 Å². The monoisotopic (exact) mass is 469 g/mol. The van der Waals surface area contributed by atoms with E-state index in [0.29, 0.717) is 20.9 Å². The lowest BCUT2D eigenvalue weighted by Crippen LogP contribution is -2.28. The van der Waals surface area contributed by atoms with E-state index in [4.69, 9.17) is 4.74 Å². The van der Waals surface area contributed by atoms with Crippen molar-refractivity contribution >= 4 is 58.5 Å². The van der Waals surface area contributed by atoms with E-state index < -0.39 is 10.0 Å². The summed E-state index contributed by atoms with van der Waals surface area (Å²) in [6.07, 6.45) is -0.0171. The summed E-state index contributed by atoms with van der Waals surface area (Å²) in [5.74, 6) is 0.299. The van der Waals surface area contributed by atoms with Crippen molar-refractivity contribution in [1.82, 2.24) is 9.71 Å². The molecule has 3 rings (SSSR count). The number of fused-ring (bicyclic) bond motifs is 1. The summed E-state index contributed by atoms with van der Waals surface area (Å²) >= 11 is 4.54. The van der Waals surface area contributed by atoms with E-state index in [-0.39, 0.29) is 23.8 Å². The number of thiazole rings is 1. The number of methoxy groups -OCH3 is 1. The molecule has 1 aromatic heterocycles. The molecule has 0 saturated heterocycles. The molecule has 10 heteroatoms. The van der Waals surface area contributed by atoms with Gasteiger partial charge in [-0.15, -0.1) is 0 Å². The first-order chi connectivity index (χ1) is 12.9. The van der Waals surface area contributed by atoms with Gasteiger partial charge in [0.1, 0.15) is 11.3 Å². The number of anilines is 1. The molecule has 2 N–H and O–H groups in total. The number of nitrogens with one attached hydrogen (secondary N) is 2. The van der Waals surface area contributed by atoms with Crippen LogP contribution in [-0.4, -0.2) is 33.0 Å². The van der Waals surface area contributed by atoms with Gasteiger partial charge in [-0.1, -0.05) is 29.5 Å². The van der Waals surface area contributed by atoms with E-state index in [0.717, 1.165) is 4.70 Å². The zero-order valence-electron chi connectivity index (χ0n) is 14.2. The second-order valence-electron chi connectivity index (χ2n) is 5.45. The smallest absolute Gasteiger partial charge is 0.241 e. The Morgan fingerprint density at radius 2 is 2.00 bits per heavy atom. The average Bonchev–Trinajstić information content (AvgIpc) is 3.03. The van der Waals surface area contributed by atoms with Gasteiger partial charge in [0.05, 0.1) is 16.7 Å². The van der Waals surface area contributed by atoms with Crippen LogP contribution >= 0.6 is 27.3 Å². The molecule has 0 atom stereocenters. The van der Waals surface area contributed by atoms with Gasteiger partial charge in [0, 0.05) is 17.4 Å². The lowest BCUT2D eigenvalue weighted by Gasteiger charge is -2.08. The number of nitrogens with zero attached hydrogens (tertiary/aromatic N) is 1. The Hall–Kier alpha value is -2.01. The summed E-state index contributed by atoms with van der Waals surface area (Å²) in [4.78, 5) is 16.6. The van der Waals surface area contributed by atoms with Gasteiger partial charge in [-0.3, -0.25) is 4.79 Å². The molecule has 0 bridgehead atoms. The van der Waals surface area contributed by atoms with E-state index in [9.17, 15) is 13.2 Å². The number of para-hydroxylation sites is 1. The number of amides is 1. The van der Waals surface area contributed by atoms with Crippen molar-refractivity contribution in [1.29, 1.82) is 0 Å². The van der Waals surface area contributed by atoms with E-state index in [1.54, 1.807) is 31.4 Å². The molecule has 2 aromatic carbocycles. The third-order valence-corrected chi connectivity index (χ3v) is 7.03. The van der Waals surface area contributed by atoms with Crippen LogP contribution in [0.4, 0.5) is 5.13 Å². The van der Waals surface area contributed by atoms with Crippen molar-refractivity contribution in [3.05, 3.63) is 46.9 Å². The van der Waals surface area contributed by atoms with Gasteiger partial charge in [0.25, 0.3) is 0 Å². The van der Waals surface area contributed by atoms with E-state index >= 15 is 0 Å². The first kappa shape index (κ1) is 19.7. The Labute approximate surface area is 168 Å². The predicted molar refractivity (Wildman–Crippen MR) is 109 cm³/mol. The summed E-state index contributed by atoms with van der Waals surface area (Å²) in [6, 6.07) is 12.0. The lowest BCUT2D eigenvalue weighted by atomic mass is 10.3. The lowest BCUT2D eigenvalue weighted by molar-refractivity contribution is -0.116. The van der Waals surface area contributed by atoms with Gasteiger partial charge in [-0.25, -0.2) is 18.1 Å². The van der Waals surface area contributed by atoms with Crippen LogP contribution in [-0.2, 0) is 14.8 Å². The maximum atomic E-state index is 12.3. The molecule has 0 unspecified atom stereocenters. The van der Waals surface area contributed by atoms with Crippen LogP contribution in [0.1, 0.15) is 6.42 Å². The van der Waals surface area contributed by atoms with Crippen molar-refractivity contribution in [2.24, 2.45) is 0 Å². The van der Waals surface area contributed by atoms with Gasteiger partial charge >= 0.3 is 0 Å². The second kappa shape index (κ2) is 8.34. The third-order valence-electron chi connectivity index (χ3n) is 3.62. The molecule has 1 heterocycles. The van der Waals surface area contributed by atoms with Crippen LogP contribution in [0.15, 0.2) is 51.8 Å². The van der Waals surface area contributed by atoms with Crippen molar-refractivity contribution in [2.75, 3.05) is 19.0 Å². The third kappa shape index (κ3) is 4.64. The number of carbonyl (C=O) groups is 1. The van der Waals surface area contributed by atoms with Crippen molar-refractivity contribution in [3.8, 4) is 5.75 Å². The SMILES string of the molecule is COc1cccc2sc(NC(=O)CCNS(=O)(=O)c3ccccc3Br)nc12. The van der Waals surface area contributed by atoms with Gasteiger partial charge in [0.15, 0.2) is 5.13 Å². The molecule has 0 aliphatic heterocycles. The van der Waals surface area contributed by atoms with Gasteiger partial charge in [-0.05, 0) is 40.2 Å². The molecule has 1 amide bonds. The van der Waals surface area contributed by atoms with Crippen LogP contribution in [0.2, 0.25) is 0 Å². The van der Waals surface area contributed by atoms with E-state index in [1.165, 1.54) is 17.4 Å². The fourth-order valence-corrected chi connectivity index (χ4v) is 5.30. The molecule has 0 saturated carbocycles. The standard InChI is InChI=1S/C17H16BrN3O4S2/c1-25-12-6-4-7-13-16(12)21-17(26-13)20-15(22)9-10-19-27(23,24)14-8-3-2-5-11(14)18/h2-8,19H,9-10H2,1H3,(H,20,21,22). The quantitative estimate of drug-likeness (QED) is 0.552. The topological polar surface area (TPSA) is 97.4 Å². The predicted octanol–water partition coefficient (Wildman–Crippen LogP) is 3.37. The second-order valence-corrected chi connectivity index (χ2v) is 9.07. The molecule has 27 heavy (non-hydrogen) atoms. The number of aromatic nitrogens is 1. The Morgan fingerprint density at radius 3 is 2.74 bits per heavy atom. The molecule has 0 aliphatic rings. The maximum Gasteiger partial charge on any atom is 0.241 e. The summed E-state index contributed by atoms with van der Waals surface area (Å²) in [5.41, 5.74) is 0.676. The number of benzene rings is 2. The Kier molecular flexibility index (Phi) is 6.10. The van der Waals surface area contributed by atoms with Gasteiger partial charge in [0.2, 0.25) is 15.9 Å². The number of rotatable bonds is 7. The molecule has 7 nitrogen and oxygen atoms in total. The van der Waals surface area contributed by atoms with Crippen LogP contribution in [0, 0.1) is 0 Å². The molecule has 0 radical (unpaired) electrons. The fraction of sp³-hybridized carbons (Fsp3) is 0.176. The Balaban J connectivity index is 1.60. The molecule has 0 aliphatic carbocycles. The number of halogens is 1.